The molecular formula is C17H16ClN5O3S. The van der Waals surface area contributed by atoms with Gasteiger partial charge in [0.15, 0.2) is 0 Å². The van der Waals surface area contributed by atoms with Crippen molar-refractivity contribution < 1.29 is 8.42 Å². The molecule has 1 fully saturated rings. The first kappa shape index (κ1) is 17.9. The molecule has 4 rings (SSSR count). The van der Waals surface area contributed by atoms with Crippen molar-refractivity contribution in [2.75, 3.05) is 13.1 Å². The van der Waals surface area contributed by atoms with Crippen molar-refractivity contribution in [3.8, 4) is 11.3 Å². The summed E-state index contributed by atoms with van der Waals surface area (Å²) in [5, 5.41) is 8.92. The number of hydrogen-bond donors (Lipinski definition) is 0. The van der Waals surface area contributed by atoms with Gasteiger partial charge in [0.2, 0.25) is 10.0 Å². The molecule has 10 heteroatoms. The smallest absolute Gasteiger partial charge is 0.267 e. The molecule has 27 heavy (non-hydrogen) atoms. The fourth-order valence-corrected chi connectivity index (χ4v) is 4.54. The lowest BCUT2D eigenvalue weighted by molar-refractivity contribution is 0.186. The van der Waals surface area contributed by atoms with E-state index in [1.807, 2.05) is 12.1 Å². The molecule has 8 nitrogen and oxygen atoms in total. The van der Waals surface area contributed by atoms with Gasteiger partial charge in [0.25, 0.3) is 5.56 Å². The first-order valence-electron chi connectivity index (χ1n) is 8.19. The summed E-state index contributed by atoms with van der Waals surface area (Å²) in [6, 6.07) is 9.91. The average molecular weight is 406 g/mol. The molecule has 2 aromatic heterocycles. The van der Waals surface area contributed by atoms with Gasteiger partial charge in [-0.1, -0.05) is 23.7 Å². The molecular weight excluding hydrogens is 390 g/mol. The number of benzene rings is 1. The van der Waals surface area contributed by atoms with Gasteiger partial charge in [-0.05, 0) is 18.2 Å². The zero-order valence-corrected chi connectivity index (χ0v) is 15.9. The SMILES string of the molecule is Cn1cc(S(=O)(=O)N2CC(n3nc(-c4ccc(Cl)cc4)ccc3=O)C2)cn1. The summed E-state index contributed by atoms with van der Waals surface area (Å²) < 4.78 is 29.2. The van der Waals surface area contributed by atoms with E-state index < -0.39 is 10.0 Å². The summed E-state index contributed by atoms with van der Waals surface area (Å²) in [6.07, 6.45) is 2.77. The molecule has 140 valence electrons. The van der Waals surface area contributed by atoms with E-state index in [1.54, 1.807) is 25.2 Å². The monoisotopic (exact) mass is 405 g/mol. The molecule has 0 bridgehead atoms. The summed E-state index contributed by atoms with van der Waals surface area (Å²) in [4.78, 5) is 12.4. The number of aryl methyl sites for hydroxylation is 1. The summed E-state index contributed by atoms with van der Waals surface area (Å²) in [5.41, 5.74) is 1.18. The highest BCUT2D eigenvalue weighted by atomic mass is 35.5. The minimum atomic E-state index is -3.61. The molecule has 3 heterocycles. The molecule has 0 aliphatic carbocycles. The molecule has 0 saturated carbocycles. The molecule has 0 radical (unpaired) electrons. The van der Waals surface area contributed by atoms with Gasteiger partial charge in [-0.15, -0.1) is 0 Å². The van der Waals surface area contributed by atoms with Crippen molar-refractivity contribution in [1.29, 1.82) is 0 Å². The second-order valence-corrected chi connectivity index (χ2v) is 8.71. The normalized spacial score (nSPS) is 15.6. The van der Waals surface area contributed by atoms with Crippen LogP contribution in [0.4, 0.5) is 0 Å². The van der Waals surface area contributed by atoms with Crippen molar-refractivity contribution in [3.63, 3.8) is 0 Å². The molecule has 3 aromatic rings. The van der Waals surface area contributed by atoms with Crippen LogP contribution >= 0.6 is 11.6 Å². The largest absolute Gasteiger partial charge is 0.274 e. The molecule has 1 saturated heterocycles. The second kappa shape index (κ2) is 6.59. The van der Waals surface area contributed by atoms with Crippen molar-refractivity contribution in [3.05, 3.63) is 64.2 Å². The van der Waals surface area contributed by atoms with E-state index in [1.165, 1.54) is 32.1 Å². The van der Waals surface area contributed by atoms with Crippen molar-refractivity contribution in [2.24, 2.45) is 7.05 Å². The van der Waals surface area contributed by atoms with Crippen LogP contribution in [0.3, 0.4) is 0 Å². The average Bonchev–Trinajstić information content (AvgIpc) is 3.03. The van der Waals surface area contributed by atoms with Crippen molar-refractivity contribution >= 4 is 21.6 Å². The number of halogens is 1. The van der Waals surface area contributed by atoms with Crippen LogP contribution in [-0.4, -0.2) is 45.4 Å². The number of hydrogen-bond acceptors (Lipinski definition) is 5. The Bertz CT molecular complexity index is 1150. The highest BCUT2D eigenvalue weighted by Crippen LogP contribution is 2.27. The Kier molecular flexibility index (Phi) is 4.37. The maximum atomic E-state index is 12.6. The lowest BCUT2D eigenvalue weighted by Gasteiger charge is -2.37. The van der Waals surface area contributed by atoms with Crippen LogP contribution in [-0.2, 0) is 17.1 Å². The van der Waals surface area contributed by atoms with Crippen LogP contribution in [0.1, 0.15) is 6.04 Å². The number of rotatable bonds is 4. The van der Waals surface area contributed by atoms with Gasteiger partial charge in [0, 0.05) is 43.0 Å². The van der Waals surface area contributed by atoms with E-state index in [0.717, 1.165) is 5.56 Å². The quantitative estimate of drug-likeness (QED) is 0.656. The Morgan fingerprint density at radius 3 is 2.44 bits per heavy atom. The topological polar surface area (TPSA) is 90.1 Å². The van der Waals surface area contributed by atoms with Gasteiger partial charge in [-0.3, -0.25) is 9.48 Å². The Morgan fingerprint density at radius 2 is 1.81 bits per heavy atom. The van der Waals surface area contributed by atoms with Gasteiger partial charge in [0.1, 0.15) is 4.90 Å². The van der Waals surface area contributed by atoms with E-state index in [-0.39, 0.29) is 29.6 Å². The highest BCUT2D eigenvalue weighted by Gasteiger charge is 2.39. The van der Waals surface area contributed by atoms with Gasteiger partial charge >= 0.3 is 0 Å². The van der Waals surface area contributed by atoms with Gasteiger partial charge in [0.05, 0.1) is 17.9 Å². The van der Waals surface area contributed by atoms with Crippen LogP contribution < -0.4 is 5.56 Å². The lowest BCUT2D eigenvalue weighted by atomic mass is 10.1. The third kappa shape index (κ3) is 3.29. The summed E-state index contributed by atoms with van der Waals surface area (Å²) >= 11 is 5.90. The van der Waals surface area contributed by atoms with Crippen LogP contribution in [0.2, 0.25) is 5.02 Å². The van der Waals surface area contributed by atoms with Crippen LogP contribution in [0.5, 0.6) is 0 Å². The predicted octanol–water partition coefficient (Wildman–Crippen LogP) is 1.54. The van der Waals surface area contributed by atoms with E-state index in [4.69, 9.17) is 11.6 Å². The fourth-order valence-electron chi connectivity index (χ4n) is 2.91. The Hall–Kier alpha value is -2.49. The maximum Gasteiger partial charge on any atom is 0.267 e. The molecule has 1 aliphatic heterocycles. The highest BCUT2D eigenvalue weighted by molar-refractivity contribution is 7.89. The molecule has 0 atom stereocenters. The van der Waals surface area contributed by atoms with Crippen LogP contribution in [0.15, 0.2) is 58.5 Å². The maximum absolute atomic E-state index is 12.6. The minimum absolute atomic E-state index is 0.138. The van der Waals surface area contributed by atoms with E-state index in [9.17, 15) is 13.2 Å². The zero-order valence-electron chi connectivity index (χ0n) is 14.4. The van der Waals surface area contributed by atoms with Gasteiger partial charge in [-0.25, -0.2) is 13.1 Å². The third-order valence-electron chi connectivity index (χ3n) is 4.46. The van der Waals surface area contributed by atoms with Crippen molar-refractivity contribution in [2.45, 2.75) is 10.9 Å². The molecule has 1 aromatic carbocycles. The van der Waals surface area contributed by atoms with E-state index in [2.05, 4.69) is 10.2 Å². The van der Waals surface area contributed by atoms with Gasteiger partial charge in [-0.2, -0.15) is 14.5 Å². The fraction of sp³-hybridized carbons (Fsp3) is 0.235. The summed E-state index contributed by atoms with van der Waals surface area (Å²) in [6.45, 7) is 0.377. The first-order valence-corrected chi connectivity index (χ1v) is 10.0. The van der Waals surface area contributed by atoms with E-state index in [0.29, 0.717) is 10.7 Å². The lowest BCUT2D eigenvalue weighted by Crippen LogP contribution is -2.53. The molecule has 1 aliphatic rings. The number of sulfonamides is 1. The second-order valence-electron chi connectivity index (χ2n) is 6.33. The third-order valence-corrected chi connectivity index (χ3v) is 6.50. The Balaban J connectivity index is 1.56. The molecule has 0 N–H and O–H groups in total. The standard InChI is InChI=1S/C17H16ClN5O3S/c1-21-11-15(8-19-21)27(25,26)22-9-14(10-22)23-17(24)7-6-16(20-23)12-2-4-13(18)5-3-12/h2-8,11,14H,9-10H2,1H3. The molecule has 0 amide bonds. The Labute approximate surface area is 160 Å². The van der Waals surface area contributed by atoms with E-state index >= 15 is 0 Å². The molecule has 0 spiro atoms. The predicted molar refractivity (Wildman–Crippen MR) is 99.9 cm³/mol. The number of nitrogens with zero attached hydrogens (tertiary/aromatic N) is 5. The minimum Gasteiger partial charge on any atom is -0.274 e. The van der Waals surface area contributed by atoms with Gasteiger partial charge < -0.3 is 0 Å². The first-order chi connectivity index (χ1) is 12.8. The Morgan fingerprint density at radius 1 is 1.11 bits per heavy atom. The summed E-state index contributed by atoms with van der Waals surface area (Å²) in [5.74, 6) is 0. The zero-order chi connectivity index (χ0) is 19.2. The van der Waals surface area contributed by atoms with Crippen LogP contribution in [0, 0.1) is 0 Å². The molecule has 0 unspecified atom stereocenters. The summed E-state index contributed by atoms with van der Waals surface area (Å²) in [7, 11) is -1.95. The van der Waals surface area contributed by atoms with Crippen LogP contribution in [0.25, 0.3) is 11.3 Å². The number of aromatic nitrogens is 4. The van der Waals surface area contributed by atoms with Crippen molar-refractivity contribution in [1.82, 2.24) is 23.9 Å².